The normalized spacial score (nSPS) is 22.0. The molecule has 2 fully saturated rings. The van der Waals surface area contributed by atoms with Gasteiger partial charge in [0.1, 0.15) is 11.5 Å². The van der Waals surface area contributed by atoms with Gasteiger partial charge in [0.25, 0.3) is 5.91 Å². The Morgan fingerprint density at radius 3 is 2.80 bits per heavy atom. The van der Waals surface area contributed by atoms with Crippen LogP contribution in [0.4, 0.5) is 0 Å². The van der Waals surface area contributed by atoms with Crippen molar-refractivity contribution in [2.45, 2.75) is 18.4 Å². The Bertz CT molecular complexity index is 1120. The number of aromatic nitrogens is 2. The average Bonchev–Trinajstić information content (AvgIpc) is 3.34. The number of benzene rings is 2. The van der Waals surface area contributed by atoms with Crippen molar-refractivity contribution < 1.29 is 9.53 Å². The van der Waals surface area contributed by atoms with Gasteiger partial charge in [-0.05, 0) is 43.2 Å². The van der Waals surface area contributed by atoms with E-state index in [4.69, 9.17) is 4.74 Å². The van der Waals surface area contributed by atoms with Gasteiger partial charge in [0, 0.05) is 18.0 Å². The summed E-state index contributed by atoms with van der Waals surface area (Å²) in [4.78, 5) is 14.6. The molecule has 7 heteroatoms. The van der Waals surface area contributed by atoms with E-state index in [0.29, 0.717) is 36.1 Å². The second-order valence-corrected chi connectivity index (χ2v) is 7.90. The SMILES string of the molecule is N#CN1C[C@@H]2CC[C@]2(NC(=O)c2cc(-c3ccccc3Oc3ccccc3)[nH]n2)C1. The molecule has 3 aromatic rings. The number of aromatic amines is 1. The molecule has 0 spiro atoms. The highest BCUT2D eigenvalue weighted by molar-refractivity contribution is 5.94. The number of para-hydroxylation sites is 2. The van der Waals surface area contributed by atoms with Crippen molar-refractivity contribution in [3.63, 3.8) is 0 Å². The Morgan fingerprint density at radius 1 is 1.23 bits per heavy atom. The fourth-order valence-corrected chi connectivity index (χ4v) is 4.38. The van der Waals surface area contributed by atoms with E-state index in [2.05, 4.69) is 21.7 Å². The van der Waals surface area contributed by atoms with Crippen LogP contribution in [0.3, 0.4) is 0 Å². The molecule has 1 saturated heterocycles. The van der Waals surface area contributed by atoms with Crippen LogP contribution in [0.25, 0.3) is 11.3 Å². The van der Waals surface area contributed by atoms with E-state index in [1.165, 1.54) is 0 Å². The molecular weight excluding hydrogens is 378 g/mol. The first-order valence-corrected chi connectivity index (χ1v) is 10.0. The van der Waals surface area contributed by atoms with Gasteiger partial charge in [0.2, 0.25) is 0 Å². The molecule has 2 aliphatic rings. The highest BCUT2D eigenvalue weighted by Gasteiger charge is 2.54. The number of amides is 1. The smallest absolute Gasteiger partial charge is 0.272 e. The largest absolute Gasteiger partial charge is 0.457 e. The zero-order valence-corrected chi connectivity index (χ0v) is 16.3. The Labute approximate surface area is 174 Å². The van der Waals surface area contributed by atoms with Crippen LogP contribution in [0.15, 0.2) is 60.7 Å². The third-order valence-electron chi connectivity index (χ3n) is 6.10. The zero-order chi connectivity index (χ0) is 20.6. The molecular formula is C23H21N5O2. The van der Waals surface area contributed by atoms with Gasteiger partial charge in [0.15, 0.2) is 11.9 Å². The first kappa shape index (κ1) is 18.3. The van der Waals surface area contributed by atoms with E-state index in [0.717, 1.165) is 24.2 Å². The summed E-state index contributed by atoms with van der Waals surface area (Å²) in [6.07, 6.45) is 4.13. The summed E-state index contributed by atoms with van der Waals surface area (Å²) in [6.45, 7) is 1.29. The number of ether oxygens (including phenoxy) is 1. The maximum atomic E-state index is 12.9. The number of likely N-dealkylation sites (tertiary alicyclic amines) is 1. The molecule has 30 heavy (non-hydrogen) atoms. The Morgan fingerprint density at radius 2 is 2.03 bits per heavy atom. The summed E-state index contributed by atoms with van der Waals surface area (Å²) in [5.41, 5.74) is 1.55. The number of nitrogens with one attached hydrogen (secondary N) is 2. The van der Waals surface area contributed by atoms with Crippen molar-refractivity contribution in [2.24, 2.45) is 5.92 Å². The number of carbonyl (C=O) groups is 1. The topological polar surface area (TPSA) is 94.0 Å². The average molecular weight is 399 g/mol. The first-order valence-electron chi connectivity index (χ1n) is 10.0. The molecule has 7 nitrogen and oxygen atoms in total. The van der Waals surface area contributed by atoms with Gasteiger partial charge in [-0.15, -0.1) is 0 Å². The van der Waals surface area contributed by atoms with Crippen LogP contribution in [-0.4, -0.2) is 39.6 Å². The van der Waals surface area contributed by atoms with Gasteiger partial charge in [0.05, 0.1) is 17.8 Å². The monoisotopic (exact) mass is 399 g/mol. The number of fused-ring (bicyclic) bond motifs is 1. The van der Waals surface area contributed by atoms with Crippen LogP contribution in [0, 0.1) is 17.4 Å². The van der Waals surface area contributed by atoms with Gasteiger partial charge in [-0.25, -0.2) is 0 Å². The molecule has 2 heterocycles. The molecule has 1 aliphatic carbocycles. The molecule has 2 N–H and O–H groups in total. The Balaban J connectivity index is 1.35. The molecule has 150 valence electrons. The molecule has 1 saturated carbocycles. The number of rotatable bonds is 5. The lowest BCUT2D eigenvalue weighted by Crippen LogP contribution is -2.60. The minimum Gasteiger partial charge on any atom is -0.457 e. The number of H-pyrrole nitrogens is 1. The van der Waals surface area contributed by atoms with Crippen LogP contribution >= 0.6 is 0 Å². The van der Waals surface area contributed by atoms with Gasteiger partial charge >= 0.3 is 0 Å². The molecule has 1 amide bonds. The van der Waals surface area contributed by atoms with Crippen LogP contribution in [0.1, 0.15) is 23.3 Å². The lowest BCUT2D eigenvalue weighted by Gasteiger charge is -2.44. The number of nitrogens with zero attached hydrogens (tertiary/aromatic N) is 3. The molecule has 1 aliphatic heterocycles. The van der Waals surface area contributed by atoms with Crippen LogP contribution in [0.2, 0.25) is 0 Å². The molecule has 0 radical (unpaired) electrons. The summed E-state index contributed by atoms with van der Waals surface area (Å²) in [5, 5.41) is 19.5. The number of hydrogen-bond acceptors (Lipinski definition) is 5. The molecule has 2 atom stereocenters. The number of hydrogen-bond donors (Lipinski definition) is 2. The van der Waals surface area contributed by atoms with Gasteiger partial charge in [-0.1, -0.05) is 30.3 Å². The van der Waals surface area contributed by atoms with E-state index < -0.39 is 0 Å². The molecule has 5 rings (SSSR count). The summed E-state index contributed by atoms with van der Waals surface area (Å²) in [7, 11) is 0. The highest BCUT2D eigenvalue weighted by Crippen LogP contribution is 2.44. The maximum Gasteiger partial charge on any atom is 0.272 e. The van der Waals surface area contributed by atoms with Gasteiger partial charge in [-0.2, -0.15) is 10.4 Å². The quantitative estimate of drug-likeness (QED) is 0.640. The fourth-order valence-electron chi connectivity index (χ4n) is 4.38. The second-order valence-electron chi connectivity index (χ2n) is 7.90. The Kier molecular flexibility index (Phi) is 4.40. The van der Waals surface area contributed by atoms with Crippen molar-refractivity contribution in [3.05, 3.63) is 66.4 Å². The third-order valence-corrected chi connectivity index (χ3v) is 6.10. The molecule has 0 bridgehead atoms. The van der Waals surface area contributed by atoms with E-state index in [1.807, 2.05) is 54.6 Å². The summed E-state index contributed by atoms with van der Waals surface area (Å²) >= 11 is 0. The second kappa shape index (κ2) is 7.23. The number of nitriles is 1. The molecule has 0 unspecified atom stereocenters. The van der Waals surface area contributed by atoms with E-state index in [1.54, 1.807) is 11.0 Å². The summed E-state index contributed by atoms with van der Waals surface area (Å²) in [6, 6.07) is 18.9. The first-order chi connectivity index (χ1) is 14.7. The van der Waals surface area contributed by atoms with Crippen LogP contribution in [0.5, 0.6) is 11.5 Å². The number of carbonyl (C=O) groups excluding carboxylic acids is 1. The van der Waals surface area contributed by atoms with Crippen LogP contribution < -0.4 is 10.1 Å². The van der Waals surface area contributed by atoms with E-state index >= 15 is 0 Å². The van der Waals surface area contributed by atoms with Crippen molar-refractivity contribution in [1.82, 2.24) is 20.4 Å². The third kappa shape index (κ3) is 3.16. The Hall–Kier alpha value is -3.79. The van der Waals surface area contributed by atoms with Crippen molar-refractivity contribution in [1.29, 1.82) is 5.26 Å². The minimum atomic E-state index is -0.305. The van der Waals surface area contributed by atoms with E-state index in [9.17, 15) is 10.1 Å². The predicted molar refractivity (Wildman–Crippen MR) is 111 cm³/mol. The van der Waals surface area contributed by atoms with Crippen LogP contribution in [-0.2, 0) is 0 Å². The summed E-state index contributed by atoms with van der Waals surface area (Å²) in [5.74, 6) is 1.53. The zero-order valence-electron chi connectivity index (χ0n) is 16.3. The van der Waals surface area contributed by atoms with E-state index in [-0.39, 0.29) is 11.4 Å². The maximum absolute atomic E-state index is 12.9. The van der Waals surface area contributed by atoms with Gasteiger partial charge in [-0.3, -0.25) is 9.89 Å². The lowest BCUT2D eigenvalue weighted by molar-refractivity contribution is 0.0757. The van der Waals surface area contributed by atoms with Gasteiger partial charge < -0.3 is 15.0 Å². The lowest BCUT2D eigenvalue weighted by atomic mass is 9.69. The van der Waals surface area contributed by atoms with Crippen molar-refractivity contribution in [2.75, 3.05) is 13.1 Å². The molecule has 1 aromatic heterocycles. The predicted octanol–water partition coefficient (Wildman–Crippen LogP) is 3.54. The van der Waals surface area contributed by atoms with Crippen molar-refractivity contribution >= 4 is 5.91 Å². The highest BCUT2D eigenvalue weighted by atomic mass is 16.5. The van der Waals surface area contributed by atoms with Crippen molar-refractivity contribution in [3.8, 4) is 28.9 Å². The molecule has 2 aromatic carbocycles. The summed E-state index contributed by atoms with van der Waals surface area (Å²) < 4.78 is 6.02. The fraction of sp³-hybridized carbons (Fsp3) is 0.261. The minimum absolute atomic E-state index is 0.219. The standard InChI is InChI=1S/C23H21N5O2/c24-15-28-13-16-10-11-23(16,14-28)25-22(29)20-12-19(26-27-20)18-8-4-5-9-21(18)30-17-6-2-1-3-7-17/h1-9,12,16H,10-11,13-14H2,(H,25,29)(H,26,27)/t16-,23-/m0/s1.